The van der Waals surface area contributed by atoms with Gasteiger partial charge in [0.1, 0.15) is 0 Å². The second kappa shape index (κ2) is 3.15. The maximum Gasteiger partial charge on any atom is 0.256 e. The van der Waals surface area contributed by atoms with E-state index in [2.05, 4.69) is 0 Å². The van der Waals surface area contributed by atoms with Crippen LogP contribution in [0.25, 0.3) is 0 Å². The number of hydrogen-bond acceptors (Lipinski definition) is 3. The van der Waals surface area contributed by atoms with Crippen LogP contribution in [0, 0.1) is 6.92 Å². The van der Waals surface area contributed by atoms with Gasteiger partial charge in [-0.3, -0.25) is 4.79 Å². The van der Waals surface area contributed by atoms with Gasteiger partial charge in [0.2, 0.25) is 0 Å². The van der Waals surface area contributed by atoms with Gasteiger partial charge in [-0.2, -0.15) is 0 Å². The fourth-order valence-corrected chi connectivity index (χ4v) is 1.72. The van der Waals surface area contributed by atoms with Gasteiger partial charge in [0.05, 0.1) is 10.6 Å². The van der Waals surface area contributed by atoms with Crippen LogP contribution >= 0.6 is 11.3 Å². The van der Waals surface area contributed by atoms with E-state index in [1.165, 1.54) is 16.2 Å². The van der Waals surface area contributed by atoms with Crippen molar-refractivity contribution in [1.82, 2.24) is 4.90 Å². The average molecular weight is 184 g/mol. The maximum atomic E-state index is 11.4. The van der Waals surface area contributed by atoms with Gasteiger partial charge in [-0.25, -0.2) is 0 Å². The second-order valence-electron chi connectivity index (χ2n) is 2.83. The molecule has 4 heteroatoms. The summed E-state index contributed by atoms with van der Waals surface area (Å²) in [7, 11) is 3.43. The van der Waals surface area contributed by atoms with E-state index < -0.39 is 0 Å². The normalized spacial score (nSPS) is 9.92. The third-order valence-corrected chi connectivity index (χ3v) is 2.40. The summed E-state index contributed by atoms with van der Waals surface area (Å²) in [5, 5.41) is 0.603. The lowest BCUT2D eigenvalue weighted by molar-refractivity contribution is 0.0829. The predicted molar refractivity (Wildman–Crippen MR) is 51.5 cm³/mol. The third kappa shape index (κ3) is 1.58. The highest BCUT2D eigenvalue weighted by Gasteiger charge is 2.13. The Kier molecular flexibility index (Phi) is 2.38. The van der Waals surface area contributed by atoms with Crippen molar-refractivity contribution < 1.29 is 4.79 Å². The van der Waals surface area contributed by atoms with Gasteiger partial charge in [0.15, 0.2) is 0 Å². The van der Waals surface area contributed by atoms with Crippen LogP contribution in [-0.4, -0.2) is 24.9 Å². The van der Waals surface area contributed by atoms with Crippen molar-refractivity contribution in [2.45, 2.75) is 6.92 Å². The number of thiophene rings is 1. The van der Waals surface area contributed by atoms with Crippen molar-refractivity contribution >= 4 is 22.2 Å². The largest absolute Gasteiger partial charge is 0.390 e. The zero-order valence-corrected chi connectivity index (χ0v) is 8.23. The molecule has 1 heterocycles. The second-order valence-corrected chi connectivity index (χ2v) is 4.12. The monoisotopic (exact) mass is 184 g/mol. The lowest BCUT2D eigenvalue weighted by Crippen LogP contribution is -2.21. The molecule has 66 valence electrons. The number of amides is 1. The smallest absolute Gasteiger partial charge is 0.256 e. The molecule has 0 radical (unpaired) electrons. The Labute approximate surface area is 75.8 Å². The van der Waals surface area contributed by atoms with Gasteiger partial charge in [-0.1, -0.05) is 0 Å². The standard InChI is InChI=1S/C8H12N2OS/c1-5-4-6(7(9)12-5)8(11)10(2)3/h4H,9H2,1-3H3. The molecule has 3 nitrogen and oxygen atoms in total. The summed E-state index contributed by atoms with van der Waals surface area (Å²) in [6.45, 7) is 1.94. The Hall–Kier alpha value is -1.03. The van der Waals surface area contributed by atoms with Gasteiger partial charge in [-0.05, 0) is 13.0 Å². The molecule has 0 saturated carbocycles. The molecule has 0 saturated heterocycles. The molecule has 0 bridgehead atoms. The summed E-state index contributed by atoms with van der Waals surface area (Å²) >= 11 is 1.45. The van der Waals surface area contributed by atoms with E-state index in [1.807, 2.05) is 13.0 Å². The minimum absolute atomic E-state index is 0.0307. The van der Waals surface area contributed by atoms with Crippen molar-refractivity contribution in [2.24, 2.45) is 0 Å². The van der Waals surface area contributed by atoms with Gasteiger partial charge in [0, 0.05) is 19.0 Å². The van der Waals surface area contributed by atoms with E-state index in [1.54, 1.807) is 14.1 Å². The molecule has 0 aromatic carbocycles. The first-order valence-electron chi connectivity index (χ1n) is 3.60. The molecule has 0 unspecified atom stereocenters. The molecule has 1 aromatic rings. The number of anilines is 1. The van der Waals surface area contributed by atoms with Crippen LogP contribution in [0.3, 0.4) is 0 Å². The fourth-order valence-electron chi connectivity index (χ4n) is 0.940. The highest BCUT2D eigenvalue weighted by atomic mass is 32.1. The lowest BCUT2D eigenvalue weighted by atomic mass is 10.2. The Balaban J connectivity index is 3.02. The molecule has 2 N–H and O–H groups in total. The molecule has 0 aliphatic carbocycles. The van der Waals surface area contributed by atoms with Gasteiger partial charge < -0.3 is 10.6 Å². The number of aryl methyl sites for hydroxylation is 1. The first-order valence-corrected chi connectivity index (χ1v) is 4.41. The fraction of sp³-hybridized carbons (Fsp3) is 0.375. The summed E-state index contributed by atoms with van der Waals surface area (Å²) in [6.07, 6.45) is 0. The summed E-state index contributed by atoms with van der Waals surface area (Å²) in [4.78, 5) is 14.0. The summed E-state index contributed by atoms with van der Waals surface area (Å²) in [6, 6.07) is 1.82. The van der Waals surface area contributed by atoms with E-state index in [-0.39, 0.29) is 5.91 Å². The molecule has 1 aromatic heterocycles. The van der Waals surface area contributed by atoms with E-state index in [9.17, 15) is 4.79 Å². The topological polar surface area (TPSA) is 46.3 Å². The molecular weight excluding hydrogens is 172 g/mol. The number of nitrogens with two attached hydrogens (primary N) is 1. The predicted octanol–water partition coefficient (Wildman–Crippen LogP) is 1.34. The quantitative estimate of drug-likeness (QED) is 0.716. The SMILES string of the molecule is Cc1cc(C(=O)N(C)C)c(N)s1. The Morgan fingerprint density at radius 3 is 2.50 bits per heavy atom. The number of hydrogen-bond donors (Lipinski definition) is 1. The molecule has 0 aliphatic heterocycles. The molecule has 1 rings (SSSR count). The van der Waals surface area contributed by atoms with Crippen LogP contribution in [0.4, 0.5) is 5.00 Å². The zero-order valence-electron chi connectivity index (χ0n) is 7.42. The Morgan fingerprint density at radius 2 is 2.17 bits per heavy atom. The summed E-state index contributed by atoms with van der Waals surface area (Å²) in [5.41, 5.74) is 6.26. The van der Waals surface area contributed by atoms with Crippen molar-refractivity contribution in [3.63, 3.8) is 0 Å². The van der Waals surface area contributed by atoms with Crippen molar-refractivity contribution in [3.05, 3.63) is 16.5 Å². The van der Waals surface area contributed by atoms with Crippen LogP contribution in [0.5, 0.6) is 0 Å². The van der Waals surface area contributed by atoms with Crippen molar-refractivity contribution in [3.8, 4) is 0 Å². The number of nitrogen functional groups attached to an aromatic ring is 1. The molecule has 0 aliphatic rings. The molecular formula is C8H12N2OS. The minimum Gasteiger partial charge on any atom is -0.390 e. The lowest BCUT2D eigenvalue weighted by Gasteiger charge is -2.08. The molecule has 0 fully saturated rings. The van der Waals surface area contributed by atoms with Crippen LogP contribution in [0.2, 0.25) is 0 Å². The Bertz CT molecular complexity index is 304. The van der Waals surface area contributed by atoms with Crippen LogP contribution in [0.15, 0.2) is 6.07 Å². The average Bonchev–Trinajstić information content (AvgIpc) is 2.28. The Morgan fingerprint density at radius 1 is 1.58 bits per heavy atom. The van der Waals surface area contributed by atoms with Crippen molar-refractivity contribution in [2.75, 3.05) is 19.8 Å². The summed E-state index contributed by atoms with van der Waals surface area (Å²) < 4.78 is 0. The number of nitrogens with zero attached hydrogens (tertiary/aromatic N) is 1. The third-order valence-electron chi connectivity index (χ3n) is 1.52. The van der Waals surface area contributed by atoms with E-state index >= 15 is 0 Å². The van der Waals surface area contributed by atoms with Crippen molar-refractivity contribution in [1.29, 1.82) is 0 Å². The van der Waals surface area contributed by atoms with Gasteiger partial charge >= 0.3 is 0 Å². The molecule has 0 atom stereocenters. The number of carbonyl (C=O) groups excluding carboxylic acids is 1. The van der Waals surface area contributed by atoms with Crippen LogP contribution in [0.1, 0.15) is 15.2 Å². The molecule has 12 heavy (non-hydrogen) atoms. The van der Waals surface area contributed by atoms with Crippen LogP contribution in [-0.2, 0) is 0 Å². The van der Waals surface area contributed by atoms with E-state index in [0.717, 1.165) is 4.88 Å². The number of carbonyl (C=O) groups is 1. The zero-order chi connectivity index (χ0) is 9.30. The number of rotatable bonds is 1. The van der Waals surface area contributed by atoms with E-state index in [0.29, 0.717) is 10.6 Å². The highest BCUT2D eigenvalue weighted by Crippen LogP contribution is 2.24. The summed E-state index contributed by atoms with van der Waals surface area (Å²) in [5.74, 6) is -0.0307. The minimum atomic E-state index is -0.0307. The van der Waals surface area contributed by atoms with E-state index in [4.69, 9.17) is 5.73 Å². The maximum absolute atomic E-state index is 11.4. The first kappa shape index (κ1) is 9.06. The van der Waals surface area contributed by atoms with Gasteiger partial charge in [0.25, 0.3) is 5.91 Å². The highest BCUT2D eigenvalue weighted by molar-refractivity contribution is 7.16. The molecule has 1 amide bonds. The first-order chi connectivity index (χ1) is 5.52. The van der Waals surface area contributed by atoms with Gasteiger partial charge in [-0.15, -0.1) is 11.3 Å². The molecule has 0 spiro atoms. The van der Waals surface area contributed by atoms with Crippen LogP contribution < -0.4 is 5.73 Å².